The maximum atomic E-state index is 13.0. The molecule has 0 radical (unpaired) electrons. The van der Waals surface area contributed by atoms with E-state index in [2.05, 4.69) is 0 Å². The predicted octanol–water partition coefficient (Wildman–Crippen LogP) is 4.25. The lowest BCUT2D eigenvalue weighted by Gasteiger charge is -2.33. The van der Waals surface area contributed by atoms with Gasteiger partial charge in [-0.25, -0.2) is 4.79 Å². The van der Waals surface area contributed by atoms with Crippen LogP contribution in [0.5, 0.6) is 0 Å². The topological polar surface area (TPSA) is 55.7 Å². The van der Waals surface area contributed by atoms with Crippen molar-refractivity contribution in [3.8, 4) is 0 Å². The zero-order valence-electron chi connectivity index (χ0n) is 16.1. The summed E-state index contributed by atoms with van der Waals surface area (Å²) in [5.41, 5.74) is 2.86. The third-order valence-corrected chi connectivity index (χ3v) is 5.36. The first-order chi connectivity index (χ1) is 13.0. The molecule has 4 heteroatoms. The van der Waals surface area contributed by atoms with Gasteiger partial charge in [-0.3, -0.25) is 4.99 Å². The fraction of sp³-hybridized carbons (Fsp3) is 0.348. The highest BCUT2D eigenvalue weighted by Crippen LogP contribution is 2.44. The zero-order valence-corrected chi connectivity index (χ0v) is 16.1. The van der Waals surface area contributed by atoms with Gasteiger partial charge in [-0.2, -0.15) is 0 Å². The van der Waals surface area contributed by atoms with Crippen LogP contribution in [0, 0.1) is 6.92 Å². The normalized spacial score (nSPS) is 20.0. The largest absolute Gasteiger partial charge is 0.467 e. The van der Waals surface area contributed by atoms with Gasteiger partial charge in [-0.05, 0) is 43.4 Å². The number of hydrogen-bond acceptors (Lipinski definition) is 4. The number of esters is 1. The first-order valence-electron chi connectivity index (χ1n) is 9.25. The SMILES string of the molecule is COC(=O)[C@@]1([C@H](CC(C)=O)c2ccccc2C)CCC(c2ccccc2)=N1. The standard InChI is InChI=1S/C23H25NO3/c1-16-9-7-8-12-19(16)20(15-17(2)25)23(22(26)27-3)14-13-21(24-23)18-10-5-4-6-11-18/h4-12,20H,13-15H2,1-3H3/t20-,23+/m1/s1. The summed E-state index contributed by atoms with van der Waals surface area (Å²) in [6.45, 7) is 3.57. The molecule has 2 atom stereocenters. The molecule has 4 nitrogen and oxygen atoms in total. The Kier molecular flexibility index (Phi) is 5.54. The molecule has 0 aliphatic carbocycles. The molecule has 0 saturated heterocycles. The van der Waals surface area contributed by atoms with Gasteiger partial charge in [0.2, 0.25) is 0 Å². The minimum absolute atomic E-state index is 0.0369. The molecule has 1 heterocycles. The Morgan fingerprint density at radius 3 is 2.41 bits per heavy atom. The fourth-order valence-electron chi connectivity index (χ4n) is 4.02. The molecule has 0 amide bonds. The van der Waals surface area contributed by atoms with Crippen molar-refractivity contribution in [1.82, 2.24) is 0 Å². The third kappa shape index (κ3) is 3.70. The predicted molar refractivity (Wildman–Crippen MR) is 106 cm³/mol. The van der Waals surface area contributed by atoms with E-state index in [1.165, 1.54) is 7.11 Å². The molecule has 0 bridgehead atoms. The first kappa shape index (κ1) is 19.0. The number of hydrogen-bond donors (Lipinski definition) is 0. The van der Waals surface area contributed by atoms with Crippen molar-refractivity contribution < 1.29 is 14.3 Å². The van der Waals surface area contributed by atoms with Crippen LogP contribution in [-0.2, 0) is 14.3 Å². The lowest BCUT2D eigenvalue weighted by atomic mass is 9.74. The highest BCUT2D eigenvalue weighted by Gasteiger charge is 2.51. The van der Waals surface area contributed by atoms with Gasteiger partial charge in [0.15, 0.2) is 5.54 Å². The van der Waals surface area contributed by atoms with E-state index < -0.39 is 5.54 Å². The Hall–Kier alpha value is -2.75. The summed E-state index contributed by atoms with van der Waals surface area (Å²) in [6.07, 6.45) is 1.47. The van der Waals surface area contributed by atoms with Gasteiger partial charge in [0, 0.05) is 18.1 Å². The lowest BCUT2D eigenvalue weighted by Crippen LogP contribution is -2.43. The second kappa shape index (κ2) is 7.87. The second-order valence-corrected chi connectivity index (χ2v) is 7.16. The Bertz CT molecular complexity index is 872. The summed E-state index contributed by atoms with van der Waals surface area (Å²) in [4.78, 5) is 30.0. The van der Waals surface area contributed by atoms with Crippen molar-refractivity contribution in [3.05, 3.63) is 71.3 Å². The van der Waals surface area contributed by atoms with Crippen LogP contribution in [0.1, 0.15) is 48.8 Å². The summed E-state index contributed by atoms with van der Waals surface area (Å²) in [6, 6.07) is 17.8. The van der Waals surface area contributed by atoms with Gasteiger partial charge in [0.25, 0.3) is 0 Å². The van der Waals surface area contributed by atoms with Gasteiger partial charge >= 0.3 is 5.97 Å². The van der Waals surface area contributed by atoms with Gasteiger partial charge in [-0.15, -0.1) is 0 Å². The Balaban J connectivity index is 2.15. The zero-order chi connectivity index (χ0) is 19.4. The van der Waals surface area contributed by atoms with Crippen LogP contribution in [0.3, 0.4) is 0 Å². The number of rotatable bonds is 6. The van der Waals surface area contributed by atoms with E-state index in [4.69, 9.17) is 9.73 Å². The van der Waals surface area contributed by atoms with Crippen LogP contribution in [0.25, 0.3) is 0 Å². The number of ether oxygens (including phenoxy) is 1. The molecule has 0 fully saturated rings. The maximum absolute atomic E-state index is 13.0. The van der Waals surface area contributed by atoms with E-state index in [0.29, 0.717) is 12.8 Å². The van der Waals surface area contributed by atoms with Crippen LogP contribution >= 0.6 is 0 Å². The highest BCUT2D eigenvalue weighted by atomic mass is 16.5. The lowest BCUT2D eigenvalue weighted by molar-refractivity contribution is -0.148. The molecule has 27 heavy (non-hydrogen) atoms. The van der Waals surface area contributed by atoms with Crippen molar-refractivity contribution in [2.24, 2.45) is 4.99 Å². The Labute approximate surface area is 160 Å². The molecule has 1 aliphatic heterocycles. The third-order valence-electron chi connectivity index (χ3n) is 5.36. The van der Waals surface area contributed by atoms with Crippen LogP contribution in [0.2, 0.25) is 0 Å². The monoisotopic (exact) mass is 363 g/mol. The molecule has 1 aliphatic rings. The summed E-state index contributed by atoms with van der Waals surface area (Å²) >= 11 is 0. The average Bonchev–Trinajstić information content (AvgIpc) is 3.13. The van der Waals surface area contributed by atoms with E-state index >= 15 is 0 Å². The number of aryl methyl sites for hydroxylation is 1. The second-order valence-electron chi connectivity index (χ2n) is 7.16. The van der Waals surface area contributed by atoms with E-state index in [1.807, 2.05) is 61.5 Å². The van der Waals surface area contributed by atoms with Crippen molar-refractivity contribution in [2.45, 2.75) is 44.6 Å². The summed E-state index contributed by atoms with van der Waals surface area (Å²) in [5, 5.41) is 0. The molecule has 2 aromatic carbocycles. The number of Topliss-reactive ketones (excluding diaryl/α,β-unsaturated/α-hetero) is 1. The van der Waals surface area contributed by atoms with Crippen LogP contribution in [0.15, 0.2) is 59.6 Å². The number of nitrogens with zero attached hydrogens (tertiary/aromatic N) is 1. The average molecular weight is 363 g/mol. The van der Waals surface area contributed by atoms with Crippen LogP contribution < -0.4 is 0 Å². The van der Waals surface area contributed by atoms with Gasteiger partial charge in [-0.1, -0.05) is 54.6 Å². The van der Waals surface area contributed by atoms with Gasteiger partial charge in [0.05, 0.1) is 7.11 Å². The summed E-state index contributed by atoms with van der Waals surface area (Å²) in [5.74, 6) is -0.678. The van der Waals surface area contributed by atoms with Crippen molar-refractivity contribution in [1.29, 1.82) is 0 Å². The summed E-state index contributed by atoms with van der Waals surface area (Å²) in [7, 11) is 1.39. The van der Waals surface area contributed by atoms with E-state index in [-0.39, 0.29) is 24.1 Å². The quantitative estimate of drug-likeness (QED) is 0.721. The van der Waals surface area contributed by atoms with Crippen LogP contribution in [-0.4, -0.2) is 30.1 Å². The first-order valence-corrected chi connectivity index (χ1v) is 9.25. The van der Waals surface area contributed by atoms with E-state index in [1.54, 1.807) is 6.92 Å². The number of ketones is 1. The van der Waals surface area contributed by atoms with E-state index in [9.17, 15) is 9.59 Å². The van der Waals surface area contributed by atoms with Crippen molar-refractivity contribution in [2.75, 3.05) is 7.11 Å². The van der Waals surface area contributed by atoms with Crippen molar-refractivity contribution in [3.63, 3.8) is 0 Å². The molecular formula is C23H25NO3. The summed E-state index contributed by atoms with van der Waals surface area (Å²) < 4.78 is 5.19. The molecule has 3 rings (SSSR count). The van der Waals surface area contributed by atoms with Crippen LogP contribution in [0.4, 0.5) is 0 Å². The van der Waals surface area contributed by atoms with Gasteiger partial charge in [0.1, 0.15) is 5.78 Å². The minimum Gasteiger partial charge on any atom is -0.467 e. The molecule has 2 aromatic rings. The molecule has 0 unspecified atom stereocenters. The smallest absolute Gasteiger partial charge is 0.334 e. The highest BCUT2D eigenvalue weighted by molar-refractivity contribution is 6.05. The molecular weight excluding hydrogens is 338 g/mol. The molecule has 0 saturated carbocycles. The number of benzene rings is 2. The number of carbonyl (C=O) groups is 2. The number of carbonyl (C=O) groups excluding carboxylic acids is 2. The number of aliphatic imine (C=N–C) groups is 1. The molecule has 0 aromatic heterocycles. The fourth-order valence-corrected chi connectivity index (χ4v) is 4.02. The number of methoxy groups -OCH3 is 1. The Morgan fingerprint density at radius 1 is 1.11 bits per heavy atom. The maximum Gasteiger partial charge on any atom is 0.334 e. The van der Waals surface area contributed by atoms with Gasteiger partial charge < -0.3 is 9.53 Å². The van der Waals surface area contributed by atoms with Crippen molar-refractivity contribution >= 4 is 17.5 Å². The molecule has 140 valence electrons. The Morgan fingerprint density at radius 2 is 1.78 bits per heavy atom. The molecule has 0 N–H and O–H groups in total. The molecule has 0 spiro atoms. The van der Waals surface area contributed by atoms with E-state index in [0.717, 1.165) is 22.4 Å². The minimum atomic E-state index is -1.07.